The first-order valence-electron chi connectivity index (χ1n) is 7.74. The van der Waals surface area contributed by atoms with E-state index in [1.54, 1.807) is 0 Å². The first-order valence-corrected chi connectivity index (χ1v) is 8.12. The van der Waals surface area contributed by atoms with Gasteiger partial charge >= 0.3 is 0 Å². The number of rotatable bonds is 4. The highest BCUT2D eigenvalue weighted by Gasteiger charge is 2.34. The highest BCUT2D eigenvalue weighted by atomic mass is 35.5. The van der Waals surface area contributed by atoms with Gasteiger partial charge < -0.3 is 5.32 Å². The van der Waals surface area contributed by atoms with E-state index < -0.39 is 0 Å². The Balaban J connectivity index is 1.59. The molecule has 3 rings (SSSR count). The van der Waals surface area contributed by atoms with Crippen molar-refractivity contribution in [3.8, 4) is 0 Å². The molecule has 0 saturated heterocycles. The van der Waals surface area contributed by atoms with E-state index in [4.69, 9.17) is 11.6 Å². The van der Waals surface area contributed by atoms with Gasteiger partial charge in [-0.2, -0.15) is 0 Å². The average molecular weight is 278 g/mol. The Labute approximate surface area is 121 Å². The Hall–Kier alpha value is -0.530. The van der Waals surface area contributed by atoms with Crippen molar-refractivity contribution >= 4 is 11.6 Å². The lowest BCUT2D eigenvalue weighted by atomic mass is 9.82. The zero-order chi connectivity index (χ0) is 13.2. The second-order valence-corrected chi connectivity index (χ2v) is 6.78. The Morgan fingerprint density at radius 1 is 1.11 bits per heavy atom. The predicted octanol–water partition coefficient (Wildman–Crippen LogP) is 4.96. The monoisotopic (exact) mass is 277 g/mol. The van der Waals surface area contributed by atoms with E-state index in [2.05, 4.69) is 24.4 Å². The first kappa shape index (κ1) is 13.5. The van der Waals surface area contributed by atoms with Crippen molar-refractivity contribution in [2.45, 2.75) is 57.5 Å². The second-order valence-electron chi connectivity index (χ2n) is 6.37. The molecule has 2 unspecified atom stereocenters. The normalized spacial score (nSPS) is 29.2. The minimum absolute atomic E-state index is 0.358. The number of benzene rings is 1. The zero-order valence-electron chi connectivity index (χ0n) is 11.7. The molecular weight excluding hydrogens is 254 g/mol. The Bertz CT molecular complexity index is 427. The average Bonchev–Trinajstić information content (AvgIpc) is 3.24. The van der Waals surface area contributed by atoms with Gasteiger partial charge in [0.25, 0.3) is 0 Å². The summed E-state index contributed by atoms with van der Waals surface area (Å²) >= 11 is 6.29. The number of hydrogen-bond donors (Lipinski definition) is 1. The standard InChI is InChI=1S/C17H24ClN/c1-12(16-7-2-3-8-17(16)18)19-15-6-4-5-14(11-15)13-9-10-13/h2-3,7-8,12-15,19H,4-6,9-11H2,1H3/t12-,14?,15?/m0/s1. The Morgan fingerprint density at radius 2 is 1.89 bits per heavy atom. The molecule has 0 bridgehead atoms. The molecule has 2 fully saturated rings. The van der Waals surface area contributed by atoms with Crippen molar-refractivity contribution in [3.63, 3.8) is 0 Å². The Kier molecular flexibility index (Phi) is 4.14. The topological polar surface area (TPSA) is 12.0 Å². The van der Waals surface area contributed by atoms with Crippen LogP contribution in [0.1, 0.15) is 57.1 Å². The maximum atomic E-state index is 6.29. The maximum Gasteiger partial charge on any atom is 0.0453 e. The summed E-state index contributed by atoms with van der Waals surface area (Å²) in [4.78, 5) is 0. The minimum Gasteiger partial charge on any atom is -0.307 e. The van der Waals surface area contributed by atoms with E-state index in [1.165, 1.54) is 44.1 Å². The minimum atomic E-state index is 0.358. The van der Waals surface area contributed by atoms with Gasteiger partial charge in [-0.25, -0.2) is 0 Å². The molecule has 2 saturated carbocycles. The number of halogens is 1. The molecule has 0 amide bonds. The van der Waals surface area contributed by atoms with Gasteiger partial charge in [0.15, 0.2) is 0 Å². The molecule has 1 nitrogen and oxygen atoms in total. The van der Waals surface area contributed by atoms with E-state index in [0.29, 0.717) is 12.1 Å². The molecule has 19 heavy (non-hydrogen) atoms. The highest BCUT2D eigenvalue weighted by molar-refractivity contribution is 6.31. The van der Waals surface area contributed by atoms with Crippen molar-refractivity contribution in [3.05, 3.63) is 34.9 Å². The molecule has 1 aromatic rings. The number of nitrogens with one attached hydrogen (secondary N) is 1. The Morgan fingerprint density at radius 3 is 2.63 bits per heavy atom. The molecule has 104 valence electrons. The van der Waals surface area contributed by atoms with E-state index in [-0.39, 0.29) is 0 Å². The molecule has 2 aliphatic carbocycles. The van der Waals surface area contributed by atoms with Crippen LogP contribution in [0.2, 0.25) is 5.02 Å². The molecule has 0 aliphatic heterocycles. The van der Waals surface area contributed by atoms with Gasteiger partial charge in [0.05, 0.1) is 0 Å². The number of hydrogen-bond acceptors (Lipinski definition) is 1. The fraction of sp³-hybridized carbons (Fsp3) is 0.647. The van der Waals surface area contributed by atoms with E-state index in [9.17, 15) is 0 Å². The van der Waals surface area contributed by atoms with Crippen molar-refractivity contribution in [1.29, 1.82) is 0 Å². The van der Waals surface area contributed by atoms with Gasteiger partial charge in [0, 0.05) is 17.1 Å². The van der Waals surface area contributed by atoms with E-state index >= 15 is 0 Å². The van der Waals surface area contributed by atoms with Crippen LogP contribution in [0.4, 0.5) is 0 Å². The molecule has 0 aromatic heterocycles. The molecular formula is C17H24ClN. The molecule has 1 N–H and O–H groups in total. The third-order valence-corrected chi connectivity index (χ3v) is 5.21. The van der Waals surface area contributed by atoms with Crippen LogP contribution in [0.15, 0.2) is 24.3 Å². The lowest BCUT2D eigenvalue weighted by Gasteiger charge is -2.32. The molecule has 0 heterocycles. The quantitative estimate of drug-likeness (QED) is 0.820. The summed E-state index contributed by atoms with van der Waals surface area (Å²) in [5, 5.41) is 4.69. The van der Waals surface area contributed by atoms with E-state index in [0.717, 1.165) is 16.9 Å². The summed E-state index contributed by atoms with van der Waals surface area (Å²) < 4.78 is 0. The van der Waals surface area contributed by atoms with Crippen molar-refractivity contribution in [2.24, 2.45) is 11.8 Å². The molecule has 2 heteroatoms. The summed E-state index contributed by atoms with van der Waals surface area (Å²) in [6.07, 6.45) is 8.53. The van der Waals surface area contributed by atoms with Crippen molar-refractivity contribution in [1.82, 2.24) is 5.32 Å². The molecule has 0 radical (unpaired) electrons. The van der Waals surface area contributed by atoms with Gasteiger partial charge in [-0.05, 0) is 56.1 Å². The van der Waals surface area contributed by atoms with E-state index in [1.807, 2.05) is 12.1 Å². The predicted molar refractivity (Wildman–Crippen MR) is 81.5 cm³/mol. The molecule has 3 atom stereocenters. The molecule has 1 aromatic carbocycles. The van der Waals surface area contributed by atoms with Gasteiger partial charge in [-0.3, -0.25) is 0 Å². The summed E-state index contributed by atoms with van der Waals surface area (Å²) in [6, 6.07) is 9.25. The first-order chi connectivity index (χ1) is 9.24. The van der Waals surface area contributed by atoms with Crippen LogP contribution in [-0.2, 0) is 0 Å². The second kappa shape index (κ2) is 5.85. The fourth-order valence-corrected chi connectivity index (χ4v) is 3.94. The van der Waals surface area contributed by atoms with Crippen LogP contribution in [0, 0.1) is 11.8 Å². The van der Waals surface area contributed by atoms with Gasteiger partial charge in [0.1, 0.15) is 0 Å². The van der Waals surface area contributed by atoms with Crippen LogP contribution in [0.5, 0.6) is 0 Å². The third kappa shape index (κ3) is 3.32. The summed E-state index contributed by atoms with van der Waals surface area (Å²) in [7, 11) is 0. The lowest BCUT2D eigenvalue weighted by Crippen LogP contribution is -2.36. The van der Waals surface area contributed by atoms with Crippen LogP contribution in [0.25, 0.3) is 0 Å². The third-order valence-electron chi connectivity index (χ3n) is 4.86. The van der Waals surface area contributed by atoms with Crippen LogP contribution in [0.3, 0.4) is 0 Å². The van der Waals surface area contributed by atoms with Crippen molar-refractivity contribution in [2.75, 3.05) is 0 Å². The summed E-state index contributed by atoms with van der Waals surface area (Å²) in [6.45, 7) is 2.24. The van der Waals surface area contributed by atoms with Gasteiger partial charge in [0.2, 0.25) is 0 Å². The SMILES string of the molecule is C[C@H](NC1CCCC(C2CC2)C1)c1ccccc1Cl. The van der Waals surface area contributed by atoms with Gasteiger partial charge in [-0.1, -0.05) is 42.6 Å². The fourth-order valence-electron chi connectivity index (χ4n) is 3.64. The van der Waals surface area contributed by atoms with Gasteiger partial charge in [-0.15, -0.1) is 0 Å². The zero-order valence-corrected chi connectivity index (χ0v) is 12.5. The van der Waals surface area contributed by atoms with Crippen molar-refractivity contribution < 1.29 is 0 Å². The van der Waals surface area contributed by atoms with Crippen LogP contribution >= 0.6 is 11.6 Å². The summed E-state index contributed by atoms with van der Waals surface area (Å²) in [5.74, 6) is 2.05. The largest absolute Gasteiger partial charge is 0.307 e. The highest BCUT2D eigenvalue weighted by Crippen LogP contribution is 2.44. The summed E-state index contributed by atoms with van der Waals surface area (Å²) in [5.41, 5.74) is 1.23. The van der Waals surface area contributed by atoms with Crippen LogP contribution in [-0.4, -0.2) is 6.04 Å². The maximum absolute atomic E-state index is 6.29. The lowest BCUT2D eigenvalue weighted by molar-refractivity contribution is 0.249. The smallest absolute Gasteiger partial charge is 0.0453 e. The molecule has 0 spiro atoms. The van der Waals surface area contributed by atoms with Crippen LogP contribution < -0.4 is 5.32 Å². The molecule has 2 aliphatic rings.